The van der Waals surface area contributed by atoms with Crippen LogP contribution in [-0.2, 0) is 22.5 Å². The van der Waals surface area contributed by atoms with Crippen LogP contribution >= 0.6 is 0 Å². The van der Waals surface area contributed by atoms with E-state index in [-0.39, 0.29) is 12.0 Å². The van der Waals surface area contributed by atoms with Gasteiger partial charge in [-0.25, -0.2) is 0 Å². The molecule has 2 aliphatic heterocycles. The van der Waals surface area contributed by atoms with Crippen LogP contribution in [0.25, 0.3) is 0 Å². The molecule has 1 fully saturated rings. The number of carbonyl (C=O) groups excluding carboxylic acids is 1. The smallest absolute Gasteiger partial charge is 0.252 e. The Bertz CT molecular complexity index is 566. The summed E-state index contributed by atoms with van der Waals surface area (Å²) in [6.07, 6.45) is 2.42. The van der Waals surface area contributed by atoms with Gasteiger partial charge in [-0.3, -0.25) is 4.79 Å². The molecule has 0 aromatic heterocycles. The standard InChI is InChI=1S/C18H25NO4/c1-3-21-16-10-13-7-8-19(18(20)15-6-5-9-23-15)12-14(13)11-17(16)22-4-2/h10-11,15H,3-9,12H2,1-2H3. The van der Waals surface area contributed by atoms with Crippen molar-refractivity contribution in [1.82, 2.24) is 4.90 Å². The van der Waals surface area contributed by atoms with Crippen LogP contribution in [0.1, 0.15) is 37.8 Å². The van der Waals surface area contributed by atoms with E-state index in [4.69, 9.17) is 14.2 Å². The van der Waals surface area contributed by atoms with Crippen molar-refractivity contribution in [2.24, 2.45) is 0 Å². The van der Waals surface area contributed by atoms with Crippen molar-refractivity contribution < 1.29 is 19.0 Å². The number of hydrogen-bond acceptors (Lipinski definition) is 4. The number of nitrogens with zero attached hydrogens (tertiary/aromatic N) is 1. The van der Waals surface area contributed by atoms with Crippen LogP contribution in [0.4, 0.5) is 0 Å². The Hall–Kier alpha value is -1.75. The van der Waals surface area contributed by atoms with Crippen LogP contribution in [0.15, 0.2) is 12.1 Å². The maximum absolute atomic E-state index is 12.5. The summed E-state index contributed by atoms with van der Waals surface area (Å²) in [5, 5.41) is 0. The van der Waals surface area contributed by atoms with E-state index in [1.165, 1.54) is 5.56 Å². The molecule has 2 heterocycles. The van der Waals surface area contributed by atoms with Gasteiger partial charge >= 0.3 is 0 Å². The molecule has 2 aliphatic rings. The topological polar surface area (TPSA) is 48.0 Å². The van der Waals surface area contributed by atoms with E-state index >= 15 is 0 Å². The summed E-state index contributed by atoms with van der Waals surface area (Å²) >= 11 is 0. The third-order valence-corrected chi connectivity index (χ3v) is 4.39. The van der Waals surface area contributed by atoms with Crippen LogP contribution in [-0.4, -0.2) is 43.3 Å². The Labute approximate surface area is 137 Å². The Kier molecular flexibility index (Phi) is 5.06. The maximum Gasteiger partial charge on any atom is 0.252 e. The van der Waals surface area contributed by atoms with Gasteiger partial charge in [0.25, 0.3) is 5.91 Å². The molecule has 1 aromatic rings. The predicted octanol–water partition coefficient (Wildman–Crippen LogP) is 2.55. The van der Waals surface area contributed by atoms with E-state index in [0.717, 1.165) is 42.9 Å². The summed E-state index contributed by atoms with van der Waals surface area (Å²) in [6.45, 7) is 7.21. The van der Waals surface area contributed by atoms with Gasteiger partial charge in [0.2, 0.25) is 0 Å². The summed E-state index contributed by atoms with van der Waals surface area (Å²) in [5.74, 6) is 1.69. The molecule has 0 saturated carbocycles. The number of amides is 1. The Morgan fingerprint density at radius 1 is 1.22 bits per heavy atom. The van der Waals surface area contributed by atoms with E-state index in [1.807, 2.05) is 24.8 Å². The van der Waals surface area contributed by atoms with E-state index in [9.17, 15) is 4.79 Å². The number of carbonyl (C=O) groups is 1. The van der Waals surface area contributed by atoms with Crippen LogP contribution in [0, 0.1) is 0 Å². The molecule has 1 unspecified atom stereocenters. The molecule has 0 radical (unpaired) electrons. The second-order valence-electron chi connectivity index (χ2n) is 5.95. The van der Waals surface area contributed by atoms with Gasteiger partial charge in [-0.15, -0.1) is 0 Å². The fraction of sp³-hybridized carbons (Fsp3) is 0.611. The van der Waals surface area contributed by atoms with Crippen molar-refractivity contribution in [2.45, 2.75) is 45.8 Å². The van der Waals surface area contributed by atoms with Crippen molar-refractivity contribution in [2.75, 3.05) is 26.4 Å². The Morgan fingerprint density at radius 3 is 2.52 bits per heavy atom. The first-order valence-corrected chi connectivity index (χ1v) is 8.54. The first-order chi connectivity index (χ1) is 11.2. The van der Waals surface area contributed by atoms with Gasteiger partial charge in [0, 0.05) is 19.7 Å². The number of hydrogen-bond donors (Lipinski definition) is 0. The lowest BCUT2D eigenvalue weighted by molar-refractivity contribution is -0.141. The van der Waals surface area contributed by atoms with Gasteiger partial charge in [0.05, 0.1) is 13.2 Å². The van der Waals surface area contributed by atoms with Crippen LogP contribution in [0.5, 0.6) is 11.5 Å². The van der Waals surface area contributed by atoms with E-state index in [0.29, 0.717) is 26.4 Å². The molecule has 1 amide bonds. The molecule has 0 N–H and O–H groups in total. The molecule has 5 nitrogen and oxygen atoms in total. The van der Waals surface area contributed by atoms with Gasteiger partial charge in [-0.05, 0) is 56.4 Å². The zero-order valence-corrected chi connectivity index (χ0v) is 14.0. The largest absolute Gasteiger partial charge is 0.490 e. The maximum atomic E-state index is 12.5. The lowest BCUT2D eigenvalue weighted by Gasteiger charge is -2.31. The van der Waals surface area contributed by atoms with Crippen LogP contribution < -0.4 is 9.47 Å². The average molecular weight is 319 g/mol. The summed E-state index contributed by atoms with van der Waals surface area (Å²) < 4.78 is 16.9. The minimum absolute atomic E-state index is 0.125. The molecule has 0 bridgehead atoms. The molecule has 0 aliphatic carbocycles. The molecule has 1 aromatic carbocycles. The molecule has 0 spiro atoms. The predicted molar refractivity (Wildman–Crippen MR) is 86.9 cm³/mol. The molecule has 1 saturated heterocycles. The van der Waals surface area contributed by atoms with E-state index < -0.39 is 0 Å². The lowest BCUT2D eigenvalue weighted by atomic mass is 9.98. The van der Waals surface area contributed by atoms with Gasteiger partial charge in [-0.2, -0.15) is 0 Å². The number of fused-ring (bicyclic) bond motifs is 1. The molecule has 126 valence electrons. The average Bonchev–Trinajstić information content (AvgIpc) is 3.09. The molecule has 3 rings (SSSR count). The summed E-state index contributed by atoms with van der Waals surface area (Å²) in [5.41, 5.74) is 2.39. The van der Waals surface area contributed by atoms with E-state index in [2.05, 4.69) is 6.07 Å². The normalized spacial score (nSPS) is 20.3. The molecule has 5 heteroatoms. The van der Waals surface area contributed by atoms with Gasteiger partial charge in [0.1, 0.15) is 6.10 Å². The highest BCUT2D eigenvalue weighted by atomic mass is 16.5. The number of ether oxygens (including phenoxy) is 3. The highest BCUT2D eigenvalue weighted by Gasteiger charge is 2.30. The Morgan fingerprint density at radius 2 is 1.91 bits per heavy atom. The number of rotatable bonds is 5. The minimum Gasteiger partial charge on any atom is -0.490 e. The lowest BCUT2D eigenvalue weighted by Crippen LogP contribution is -2.41. The van der Waals surface area contributed by atoms with Crippen molar-refractivity contribution in [3.05, 3.63) is 23.3 Å². The summed E-state index contributed by atoms with van der Waals surface area (Å²) in [7, 11) is 0. The van der Waals surface area contributed by atoms with Crippen molar-refractivity contribution in [1.29, 1.82) is 0 Å². The molecule has 1 atom stereocenters. The third-order valence-electron chi connectivity index (χ3n) is 4.39. The van der Waals surface area contributed by atoms with Gasteiger partial charge in [0.15, 0.2) is 11.5 Å². The highest BCUT2D eigenvalue weighted by molar-refractivity contribution is 5.81. The van der Waals surface area contributed by atoms with Gasteiger partial charge in [-0.1, -0.05) is 0 Å². The first kappa shape index (κ1) is 16.1. The van der Waals surface area contributed by atoms with Crippen LogP contribution in [0.2, 0.25) is 0 Å². The zero-order chi connectivity index (χ0) is 16.2. The SMILES string of the molecule is CCOc1cc2c(cc1OCC)CN(C(=O)C1CCCO1)CC2. The minimum atomic E-state index is -0.245. The summed E-state index contributed by atoms with van der Waals surface area (Å²) in [4.78, 5) is 14.4. The first-order valence-electron chi connectivity index (χ1n) is 8.54. The third kappa shape index (κ3) is 3.44. The molecular formula is C18H25NO4. The van der Waals surface area contributed by atoms with Gasteiger partial charge < -0.3 is 19.1 Å². The van der Waals surface area contributed by atoms with Crippen molar-refractivity contribution in [3.63, 3.8) is 0 Å². The second-order valence-corrected chi connectivity index (χ2v) is 5.95. The quantitative estimate of drug-likeness (QED) is 0.837. The van der Waals surface area contributed by atoms with Crippen molar-refractivity contribution >= 4 is 5.91 Å². The fourth-order valence-corrected chi connectivity index (χ4v) is 3.26. The molecular weight excluding hydrogens is 294 g/mol. The Balaban J connectivity index is 1.79. The second kappa shape index (κ2) is 7.21. The van der Waals surface area contributed by atoms with Crippen molar-refractivity contribution in [3.8, 4) is 11.5 Å². The highest BCUT2D eigenvalue weighted by Crippen LogP contribution is 2.34. The van der Waals surface area contributed by atoms with Crippen LogP contribution in [0.3, 0.4) is 0 Å². The fourth-order valence-electron chi connectivity index (χ4n) is 3.26. The monoisotopic (exact) mass is 319 g/mol. The van der Waals surface area contributed by atoms with E-state index in [1.54, 1.807) is 0 Å². The zero-order valence-electron chi connectivity index (χ0n) is 14.0. The number of benzene rings is 1. The summed E-state index contributed by atoms with van der Waals surface area (Å²) in [6, 6.07) is 4.09. The molecule has 23 heavy (non-hydrogen) atoms.